The number of nitrogens with zero attached hydrogens (tertiary/aromatic N) is 2. The van der Waals surface area contributed by atoms with E-state index in [-0.39, 0.29) is 5.56 Å². The number of benzene rings is 2. The van der Waals surface area contributed by atoms with Crippen molar-refractivity contribution in [3.63, 3.8) is 0 Å². The third-order valence-electron chi connectivity index (χ3n) is 3.45. The summed E-state index contributed by atoms with van der Waals surface area (Å²) in [7, 11) is 0. The van der Waals surface area contributed by atoms with Crippen molar-refractivity contribution in [1.29, 1.82) is 0 Å². The topological polar surface area (TPSA) is 44.1 Å². The van der Waals surface area contributed by atoms with Crippen LogP contribution < -0.4 is 10.3 Å². The second-order valence-corrected chi connectivity index (χ2v) is 5.46. The number of fused-ring (bicyclic) bond motifs is 1. The number of para-hydroxylation sites is 1. The number of hydrogen-bond acceptors (Lipinski definition) is 3. The number of ether oxygens (including phenoxy) is 1. The summed E-state index contributed by atoms with van der Waals surface area (Å²) >= 11 is 5.90. The largest absolute Gasteiger partial charge is 0.492 e. The maximum atomic E-state index is 12.4. The van der Waals surface area contributed by atoms with Gasteiger partial charge in [-0.05, 0) is 36.8 Å². The zero-order valence-corrected chi connectivity index (χ0v) is 12.9. The number of rotatable bonds is 4. The Bertz CT molecular complexity index is 874. The summed E-state index contributed by atoms with van der Waals surface area (Å²) in [5.41, 5.74) is 1.69. The van der Waals surface area contributed by atoms with Gasteiger partial charge < -0.3 is 4.74 Å². The molecule has 0 unspecified atom stereocenters. The van der Waals surface area contributed by atoms with E-state index in [1.165, 1.54) is 0 Å². The van der Waals surface area contributed by atoms with Gasteiger partial charge in [0.15, 0.2) is 0 Å². The molecule has 0 atom stereocenters. The first-order chi connectivity index (χ1) is 10.6. The fraction of sp³-hybridized carbons (Fsp3) is 0.176. The van der Waals surface area contributed by atoms with E-state index in [1.807, 2.05) is 31.2 Å². The van der Waals surface area contributed by atoms with E-state index in [4.69, 9.17) is 16.3 Å². The molecule has 0 N–H and O–H groups in total. The van der Waals surface area contributed by atoms with Crippen LogP contribution in [0.15, 0.2) is 53.6 Å². The Hall–Kier alpha value is -2.33. The third kappa shape index (κ3) is 2.97. The van der Waals surface area contributed by atoms with Gasteiger partial charge in [0.2, 0.25) is 0 Å². The van der Waals surface area contributed by atoms with Crippen LogP contribution in [0.1, 0.15) is 5.56 Å². The fourth-order valence-corrected chi connectivity index (χ4v) is 2.50. The van der Waals surface area contributed by atoms with Crippen LogP contribution in [-0.4, -0.2) is 16.2 Å². The molecule has 0 fully saturated rings. The maximum absolute atomic E-state index is 12.4. The lowest BCUT2D eigenvalue weighted by Crippen LogP contribution is -2.23. The van der Waals surface area contributed by atoms with Crippen LogP contribution in [0.25, 0.3) is 10.9 Å². The van der Waals surface area contributed by atoms with Gasteiger partial charge in [-0.2, -0.15) is 0 Å². The second kappa shape index (κ2) is 6.20. The van der Waals surface area contributed by atoms with Gasteiger partial charge in [0.05, 0.1) is 23.8 Å². The van der Waals surface area contributed by atoms with Gasteiger partial charge in [0.25, 0.3) is 5.56 Å². The molecule has 3 rings (SSSR count). The molecule has 0 aliphatic heterocycles. The molecule has 1 heterocycles. The molecule has 0 bridgehead atoms. The van der Waals surface area contributed by atoms with Crippen molar-refractivity contribution in [2.45, 2.75) is 13.5 Å². The molecule has 2 aromatic carbocycles. The minimum atomic E-state index is -0.0524. The van der Waals surface area contributed by atoms with Crippen molar-refractivity contribution in [1.82, 2.24) is 9.55 Å². The summed E-state index contributed by atoms with van der Waals surface area (Å²) in [4.78, 5) is 16.8. The van der Waals surface area contributed by atoms with Crippen LogP contribution in [0.4, 0.5) is 0 Å². The molecule has 5 heteroatoms. The minimum Gasteiger partial charge on any atom is -0.492 e. The smallest absolute Gasteiger partial charge is 0.261 e. The molecule has 1 aromatic heterocycles. The van der Waals surface area contributed by atoms with Gasteiger partial charge in [-0.3, -0.25) is 9.36 Å². The van der Waals surface area contributed by atoms with Crippen molar-refractivity contribution in [3.05, 3.63) is 69.7 Å². The number of halogens is 1. The van der Waals surface area contributed by atoms with Crippen LogP contribution in [0.5, 0.6) is 5.75 Å². The van der Waals surface area contributed by atoms with Crippen molar-refractivity contribution >= 4 is 22.5 Å². The molecule has 112 valence electrons. The second-order valence-electron chi connectivity index (χ2n) is 5.02. The van der Waals surface area contributed by atoms with Gasteiger partial charge in [0, 0.05) is 5.02 Å². The monoisotopic (exact) mass is 314 g/mol. The number of aryl methyl sites for hydroxylation is 1. The Morgan fingerprint density at radius 3 is 2.86 bits per heavy atom. The molecule has 0 saturated carbocycles. The average molecular weight is 315 g/mol. The first-order valence-electron chi connectivity index (χ1n) is 6.98. The van der Waals surface area contributed by atoms with Crippen molar-refractivity contribution in [2.75, 3.05) is 6.61 Å². The van der Waals surface area contributed by atoms with Gasteiger partial charge >= 0.3 is 0 Å². The lowest BCUT2D eigenvalue weighted by Gasteiger charge is -2.09. The average Bonchev–Trinajstić information content (AvgIpc) is 2.50. The van der Waals surface area contributed by atoms with E-state index in [0.717, 1.165) is 11.1 Å². The van der Waals surface area contributed by atoms with Gasteiger partial charge in [-0.1, -0.05) is 29.8 Å². The summed E-state index contributed by atoms with van der Waals surface area (Å²) < 4.78 is 7.17. The molecular formula is C17H15ClN2O2. The van der Waals surface area contributed by atoms with Crippen molar-refractivity contribution < 1.29 is 4.74 Å². The highest BCUT2D eigenvalue weighted by Gasteiger charge is 2.05. The molecule has 0 saturated heterocycles. The van der Waals surface area contributed by atoms with Gasteiger partial charge in [-0.25, -0.2) is 4.98 Å². The highest BCUT2D eigenvalue weighted by atomic mass is 35.5. The maximum Gasteiger partial charge on any atom is 0.261 e. The summed E-state index contributed by atoms with van der Waals surface area (Å²) in [6, 6.07) is 12.8. The zero-order valence-electron chi connectivity index (χ0n) is 12.1. The van der Waals surface area contributed by atoms with E-state index >= 15 is 0 Å². The van der Waals surface area contributed by atoms with Gasteiger partial charge in [0.1, 0.15) is 12.4 Å². The lowest BCUT2D eigenvalue weighted by atomic mass is 10.1. The third-order valence-corrected chi connectivity index (χ3v) is 3.69. The molecule has 0 aliphatic rings. The normalized spacial score (nSPS) is 10.8. The standard InChI is InChI=1S/C17H15ClN2O2/c1-12-4-2-7-15-16(12)19-11-20(17(15)21)8-9-22-14-6-3-5-13(18)10-14/h2-7,10-11H,8-9H2,1H3. The van der Waals surface area contributed by atoms with E-state index < -0.39 is 0 Å². The highest BCUT2D eigenvalue weighted by molar-refractivity contribution is 6.30. The van der Waals surface area contributed by atoms with Crippen LogP contribution in [0, 0.1) is 6.92 Å². The van der Waals surface area contributed by atoms with Gasteiger partial charge in [-0.15, -0.1) is 0 Å². The Morgan fingerprint density at radius 1 is 1.23 bits per heavy atom. The molecule has 4 nitrogen and oxygen atoms in total. The Balaban J connectivity index is 1.77. The SMILES string of the molecule is Cc1cccc2c(=O)n(CCOc3cccc(Cl)c3)cnc12. The summed E-state index contributed by atoms with van der Waals surface area (Å²) in [6.45, 7) is 2.75. The molecule has 22 heavy (non-hydrogen) atoms. The zero-order chi connectivity index (χ0) is 15.5. The molecule has 0 aliphatic carbocycles. The van der Waals surface area contributed by atoms with Crippen LogP contribution in [-0.2, 0) is 6.54 Å². The summed E-state index contributed by atoms with van der Waals surface area (Å²) in [6.07, 6.45) is 1.57. The molecule has 0 amide bonds. The predicted octanol–water partition coefficient (Wildman–Crippen LogP) is 3.44. The summed E-state index contributed by atoms with van der Waals surface area (Å²) in [5, 5.41) is 1.25. The Kier molecular flexibility index (Phi) is 4.11. The first-order valence-corrected chi connectivity index (χ1v) is 7.36. The van der Waals surface area contributed by atoms with Crippen LogP contribution in [0.2, 0.25) is 5.02 Å². The predicted molar refractivity (Wildman–Crippen MR) is 87.7 cm³/mol. The molecular weight excluding hydrogens is 300 g/mol. The van der Waals surface area contributed by atoms with Crippen molar-refractivity contribution in [2.24, 2.45) is 0 Å². The fourth-order valence-electron chi connectivity index (χ4n) is 2.32. The molecule has 0 spiro atoms. The lowest BCUT2D eigenvalue weighted by molar-refractivity contribution is 0.296. The molecule has 0 radical (unpaired) electrons. The quantitative estimate of drug-likeness (QED) is 0.741. The van der Waals surface area contributed by atoms with Crippen LogP contribution >= 0.6 is 11.6 Å². The van der Waals surface area contributed by atoms with E-state index in [2.05, 4.69) is 4.98 Å². The number of hydrogen-bond donors (Lipinski definition) is 0. The van der Waals surface area contributed by atoms with Crippen molar-refractivity contribution in [3.8, 4) is 5.75 Å². The van der Waals surface area contributed by atoms with E-state index in [1.54, 1.807) is 29.1 Å². The van der Waals surface area contributed by atoms with E-state index in [0.29, 0.717) is 29.3 Å². The van der Waals surface area contributed by atoms with E-state index in [9.17, 15) is 4.79 Å². The Morgan fingerprint density at radius 2 is 2.05 bits per heavy atom. The first kappa shape index (κ1) is 14.6. The Labute approximate surface area is 132 Å². The minimum absolute atomic E-state index is 0.0524. The number of aromatic nitrogens is 2. The molecule has 3 aromatic rings. The van der Waals surface area contributed by atoms with Crippen LogP contribution in [0.3, 0.4) is 0 Å². The summed E-state index contributed by atoms with van der Waals surface area (Å²) in [5.74, 6) is 0.685. The highest BCUT2D eigenvalue weighted by Crippen LogP contribution is 2.17.